The Morgan fingerprint density at radius 2 is 2.19 bits per heavy atom. The molecule has 0 spiro atoms. The summed E-state index contributed by atoms with van der Waals surface area (Å²) in [7, 11) is 0. The summed E-state index contributed by atoms with van der Waals surface area (Å²) in [5.41, 5.74) is 0. The second kappa shape index (κ2) is 7.74. The van der Waals surface area contributed by atoms with E-state index in [0.29, 0.717) is 0 Å². The minimum atomic E-state index is -0.728. The summed E-state index contributed by atoms with van der Waals surface area (Å²) in [5.74, 6) is 0.449. The molecule has 1 aliphatic carbocycles. The summed E-state index contributed by atoms with van der Waals surface area (Å²) in [6.45, 7) is 0. The first kappa shape index (κ1) is 13.6. The van der Waals surface area contributed by atoms with E-state index in [1.54, 1.807) is 6.08 Å². The fraction of sp³-hybridized carbons (Fsp3) is 0.750. The van der Waals surface area contributed by atoms with Crippen molar-refractivity contribution in [2.75, 3.05) is 5.75 Å². The molecule has 1 saturated carbocycles. The summed E-state index contributed by atoms with van der Waals surface area (Å²) in [5, 5.41) is 9.51. The normalized spacial score (nSPS) is 19.1. The molecule has 1 rings (SSSR count). The van der Waals surface area contributed by atoms with E-state index in [4.69, 9.17) is 4.74 Å². The van der Waals surface area contributed by atoms with Crippen LogP contribution in [0.4, 0.5) is 0 Å². The van der Waals surface area contributed by atoms with Gasteiger partial charge in [0.1, 0.15) is 6.10 Å². The molecular formula is C12H20O3S. The zero-order valence-electron chi connectivity index (χ0n) is 9.47. The molecular weight excluding hydrogens is 224 g/mol. The van der Waals surface area contributed by atoms with E-state index in [0.717, 1.165) is 37.9 Å². The van der Waals surface area contributed by atoms with Crippen LogP contribution in [0.15, 0.2) is 12.2 Å². The third-order valence-corrected chi connectivity index (χ3v) is 2.89. The molecule has 4 heteroatoms. The minimum absolute atomic E-state index is 0.0551. The third-order valence-electron chi connectivity index (χ3n) is 2.63. The molecule has 0 saturated heterocycles. The highest BCUT2D eigenvalue weighted by atomic mass is 32.1. The maximum absolute atomic E-state index is 11.4. The lowest BCUT2D eigenvalue weighted by Crippen LogP contribution is -2.19. The highest BCUT2D eigenvalue weighted by Crippen LogP contribution is 2.21. The van der Waals surface area contributed by atoms with Gasteiger partial charge in [-0.1, -0.05) is 12.2 Å². The fourth-order valence-corrected chi connectivity index (χ4v) is 1.96. The molecule has 3 nitrogen and oxygen atoms in total. The third kappa shape index (κ3) is 5.56. The van der Waals surface area contributed by atoms with Gasteiger partial charge in [0.2, 0.25) is 0 Å². The second-order valence-corrected chi connectivity index (χ2v) is 4.56. The highest BCUT2D eigenvalue weighted by molar-refractivity contribution is 7.80. The first-order valence-electron chi connectivity index (χ1n) is 5.87. The van der Waals surface area contributed by atoms with Crippen molar-refractivity contribution in [3.05, 3.63) is 12.2 Å². The molecule has 0 unspecified atom stereocenters. The van der Waals surface area contributed by atoms with Crippen molar-refractivity contribution in [2.45, 2.75) is 50.7 Å². The number of rotatable bonds is 6. The summed E-state index contributed by atoms with van der Waals surface area (Å²) < 4.78 is 5.24. The van der Waals surface area contributed by atoms with Gasteiger partial charge in [0.25, 0.3) is 0 Å². The number of ether oxygens (including phenoxy) is 1. The number of carbonyl (C=O) groups excluding carboxylic acids is 1. The Morgan fingerprint density at radius 1 is 1.50 bits per heavy atom. The van der Waals surface area contributed by atoms with E-state index in [1.807, 2.05) is 6.08 Å². The molecule has 1 N–H and O–H groups in total. The monoisotopic (exact) mass is 244 g/mol. The van der Waals surface area contributed by atoms with Crippen molar-refractivity contribution in [1.82, 2.24) is 0 Å². The van der Waals surface area contributed by atoms with Gasteiger partial charge in [-0.2, -0.15) is 12.6 Å². The van der Waals surface area contributed by atoms with Crippen LogP contribution in [0.1, 0.15) is 38.5 Å². The summed E-state index contributed by atoms with van der Waals surface area (Å²) >= 11 is 4.05. The van der Waals surface area contributed by atoms with Crippen LogP contribution in [0.2, 0.25) is 0 Å². The number of aliphatic hydroxyl groups excluding tert-OH is 1. The van der Waals surface area contributed by atoms with Crippen molar-refractivity contribution in [2.24, 2.45) is 0 Å². The van der Waals surface area contributed by atoms with Crippen molar-refractivity contribution >= 4 is 18.6 Å². The van der Waals surface area contributed by atoms with Crippen LogP contribution in [0, 0.1) is 0 Å². The Kier molecular flexibility index (Phi) is 6.57. The van der Waals surface area contributed by atoms with E-state index in [2.05, 4.69) is 12.6 Å². The van der Waals surface area contributed by atoms with E-state index in [-0.39, 0.29) is 18.5 Å². The lowest BCUT2D eigenvalue weighted by atomic mass is 10.2. The van der Waals surface area contributed by atoms with Gasteiger partial charge in [-0.3, -0.25) is 4.79 Å². The van der Waals surface area contributed by atoms with Gasteiger partial charge < -0.3 is 9.84 Å². The van der Waals surface area contributed by atoms with Gasteiger partial charge in [-0.15, -0.1) is 0 Å². The van der Waals surface area contributed by atoms with Crippen LogP contribution in [-0.2, 0) is 9.53 Å². The zero-order chi connectivity index (χ0) is 11.8. The molecule has 0 bridgehead atoms. The second-order valence-electron chi connectivity index (χ2n) is 4.11. The first-order valence-corrected chi connectivity index (χ1v) is 6.50. The SMILES string of the molecule is O=C(C[C@@H](O)/C=C/CCS)OC1CCCC1. The highest BCUT2D eigenvalue weighted by Gasteiger charge is 2.20. The smallest absolute Gasteiger partial charge is 0.309 e. The van der Waals surface area contributed by atoms with Gasteiger partial charge >= 0.3 is 5.97 Å². The van der Waals surface area contributed by atoms with Crippen molar-refractivity contribution in [3.63, 3.8) is 0 Å². The predicted octanol–water partition coefficient (Wildman–Crippen LogP) is 2.10. The molecule has 1 atom stereocenters. The Labute approximate surface area is 102 Å². The van der Waals surface area contributed by atoms with Gasteiger partial charge in [-0.25, -0.2) is 0 Å². The number of hydrogen-bond donors (Lipinski definition) is 2. The summed E-state index contributed by atoms with van der Waals surface area (Å²) in [6.07, 6.45) is 7.90. The number of carbonyl (C=O) groups is 1. The molecule has 0 amide bonds. The number of hydrogen-bond acceptors (Lipinski definition) is 4. The molecule has 92 valence electrons. The van der Waals surface area contributed by atoms with Crippen LogP contribution in [0.3, 0.4) is 0 Å². The summed E-state index contributed by atoms with van der Waals surface area (Å²) in [4.78, 5) is 11.4. The first-order chi connectivity index (χ1) is 7.72. The average Bonchev–Trinajstić information content (AvgIpc) is 2.70. The fourth-order valence-electron chi connectivity index (χ4n) is 1.81. The number of esters is 1. The summed E-state index contributed by atoms with van der Waals surface area (Å²) in [6, 6.07) is 0. The standard InChI is InChI=1S/C12H20O3S/c13-10(5-3-4-8-16)9-12(14)15-11-6-1-2-7-11/h3,5,10-11,13,16H,1-2,4,6-9H2/b5-3+/t10-/m0/s1. The number of allylic oxidation sites excluding steroid dienone is 1. The van der Waals surface area contributed by atoms with Crippen LogP contribution in [0.25, 0.3) is 0 Å². The maximum Gasteiger partial charge on any atom is 0.309 e. The molecule has 0 heterocycles. The molecule has 16 heavy (non-hydrogen) atoms. The zero-order valence-corrected chi connectivity index (χ0v) is 10.4. The van der Waals surface area contributed by atoms with Gasteiger partial charge in [0.15, 0.2) is 0 Å². The van der Waals surface area contributed by atoms with Crippen LogP contribution < -0.4 is 0 Å². The van der Waals surface area contributed by atoms with E-state index in [1.165, 1.54) is 0 Å². The van der Waals surface area contributed by atoms with E-state index >= 15 is 0 Å². The molecule has 1 aliphatic rings. The van der Waals surface area contributed by atoms with Crippen LogP contribution in [-0.4, -0.2) is 29.0 Å². The Morgan fingerprint density at radius 3 is 2.81 bits per heavy atom. The average molecular weight is 244 g/mol. The van der Waals surface area contributed by atoms with E-state index in [9.17, 15) is 9.90 Å². The maximum atomic E-state index is 11.4. The molecule has 1 fully saturated rings. The van der Waals surface area contributed by atoms with Crippen molar-refractivity contribution in [3.8, 4) is 0 Å². The van der Waals surface area contributed by atoms with Crippen molar-refractivity contribution in [1.29, 1.82) is 0 Å². The largest absolute Gasteiger partial charge is 0.462 e. The van der Waals surface area contributed by atoms with E-state index < -0.39 is 6.10 Å². The number of thiol groups is 1. The van der Waals surface area contributed by atoms with Crippen LogP contribution >= 0.6 is 12.6 Å². The molecule has 0 aromatic rings. The Bertz CT molecular complexity index is 234. The Balaban J connectivity index is 2.16. The Hall–Kier alpha value is -0.480. The van der Waals surface area contributed by atoms with Crippen molar-refractivity contribution < 1.29 is 14.6 Å². The minimum Gasteiger partial charge on any atom is -0.462 e. The molecule has 0 aromatic carbocycles. The quantitative estimate of drug-likeness (QED) is 0.427. The topological polar surface area (TPSA) is 46.5 Å². The predicted molar refractivity (Wildman–Crippen MR) is 66.6 cm³/mol. The van der Waals surface area contributed by atoms with Gasteiger partial charge in [0.05, 0.1) is 12.5 Å². The number of aliphatic hydroxyl groups is 1. The molecule has 0 aliphatic heterocycles. The van der Waals surface area contributed by atoms with Crippen LogP contribution in [0.5, 0.6) is 0 Å². The lowest BCUT2D eigenvalue weighted by Gasteiger charge is -2.12. The molecule has 0 radical (unpaired) electrons. The van der Waals surface area contributed by atoms with Gasteiger partial charge in [-0.05, 0) is 37.9 Å². The van der Waals surface area contributed by atoms with Gasteiger partial charge in [0, 0.05) is 0 Å². The molecule has 0 aromatic heterocycles. The lowest BCUT2D eigenvalue weighted by molar-refractivity contribution is -0.150.